The van der Waals surface area contributed by atoms with E-state index in [-0.39, 0.29) is 0 Å². The van der Waals surface area contributed by atoms with Crippen LogP contribution < -0.4 is 5.32 Å². The molecule has 0 fully saturated rings. The van der Waals surface area contributed by atoms with Crippen LogP contribution in [0.3, 0.4) is 0 Å². The second-order valence-electron chi connectivity index (χ2n) is 14.3. The molecule has 0 aliphatic rings. The molecule has 1 amide bonds. The molecule has 0 radical (unpaired) electrons. The average molecular weight is 704 g/mol. The van der Waals surface area contributed by atoms with Crippen LogP contribution in [0.5, 0.6) is 0 Å². The highest BCUT2D eigenvalue weighted by atomic mass is 16.3. The Balaban J connectivity index is 3.89. The van der Waals surface area contributed by atoms with Gasteiger partial charge >= 0.3 is 0 Å². The number of hydrogen-bond donors (Lipinski definition) is 5. The van der Waals surface area contributed by atoms with Crippen molar-refractivity contribution in [1.82, 2.24) is 5.32 Å². The molecule has 292 valence electrons. The first-order valence-corrected chi connectivity index (χ1v) is 21.0. The number of aliphatic hydroxyl groups excluding tert-OH is 4. The molecular formula is C44H81NO5. The van der Waals surface area contributed by atoms with E-state index in [1.54, 1.807) is 0 Å². The zero-order valence-corrected chi connectivity index (χ0v) is 32.6. The fourth-order valence-electron chi connectivity index (χ4n) is 6.08. The van der Waals surface area contributed by atoms with Crippen LogP contribution in [0, 0.1) is 0 Å². The Morgan fingerprint density at radius 3 is 1.26 bits per heavy atom. The normalized spacial score (nSPS) is 14.8. The van der Waals surface area contributed by atoms with Crippen LogP contribution in [0.1, 0.15) is 194 Å². The van der Waals surface area contributed by atoms with Crippen LogP contribution in [-0.4, -0.2) is 57.3 Å². The molecule has 4 atom stereocenters. The smallest absolute Gasteiger partial charge is 0.249 e. The standard InChI is InChI=1S/C44H81NO5/c1-3-5-7-9-11-13-15-17-19-20-21-22-24-25-27-29-31-33-35-37-41(47)43(49)40(39-46)45-44(50)42(48)38-36-34-32-30-28-26-23-18-16-14-12-10-8-6-4-2/h17,19,22-24,26,29,31,40-43,46-49H,3-16,18,20-21,25,27-28,30,32-39H2,1-2H3,(H,45,50)/b19-17+,24-22+,26-23-,31-29+. The summed E-state index contributed by atoms with van der Waals surface area (Å²) in [5, 5.41) is 43.5. The van der Waals surface area contributed by atoms with Crippen molar-refractivity contribution in [3.8, 4) is 0 Å². The third kappa shape index (κ3) is 32.2. The molecule has 4 unspecified atom stereocenters. The van der Waals surface area contributed by atoms with Crippen LogP contribution in [0.15, 0.2) is 48.6 Å². The molecule has 0 rings (SSSR count). The van der Waals surface area contributed by atoms with Crippen molar-refractivity contribution in [2.75, 3.05) is 6.61 Å². The third-order valence-corrected chi connectivity index (χ3v) is 9.47. The Labute approximate surface area is 309 Å². The number of allylic oxidation sites excluding steroid dienone is 8. The van der Waals surface area contributed by atoms with Crippen molar-refractivity contribution in [3.63, 3.8) is 0 Å². The minimum absolute atomic E-state index is 0.343. The summed E-state index contributed by atoms with van der Waals surface area (Å²) >= 11 is 0. The largest absolute Gasteiger partial charge is 0.394 e. The summed E-state index contributed by atoms with van der Waals surface area (Å²) in [6, 6.07) is -1.02. The van der Waals surface area contributed by atoms with Crippen molar-refractivity contribution < 1.29 is 25.2 Å². The lowest BCUT2D eigenvalue weighted by molar-refractivity contribution is -0.132. The summed E-state index contributed by atoms with van der Waals surface area (Å²) in [5.41, 5.74) is 0. The van der Waals surface area contributed by atoms with Gasteiger partial charge in [0.05, 0.1) is 18.8 Å². The van der Waals surface area contributed by atoms with Crippen LogP contribution >= 0.6 is 0 Å². The predicted molar refractivity (Wildman–Crippen MR) is 214 cm³/mol. The van der Waals surface area contributed by atoms with Gasteiger partial charge in [-0.2, -0.15) is 0 Å². The predicted octanol–water partition coefficient (Wildman–Crippen LogP) is 10.7. The maximum Gasteiger partial charge on any atom is 0.249 e. The average Bonchev–Trinajstić information content (AvgIpc) is 3.12. The quantitative estimate of drug-likeness (QED) is 0.0327. The number of rotatable bonds is 37. The number of nitrogens with one attached hydrogen (secondary N) is 1. The Kier molecular flexibility index (Phi) is 37.2. The van der Waals surface area contributed by atoms with Gasteiger partial charge in [-0.25, -0.2) is 0 Å². The van der Waals surface area contributed by atoms with Crippen molar-refractivity contribution in [2.45, 2.75) is 218 Å². The van der Waals surface area contributed by atoms with Crippen molar-refractivity contribution >= 4 is 5.91 Å². The van der Waals surface area contributed by atoms with E-state index in [9.17, 15) is 25.2 Å². The molecule has 50 heavy (non-hydrogen) atoms. The Morgan fingerprint density at radius 2 is 0.840 bits per heavy atom. The molecule has 0 aromatic rings. The van der Waals surface area contributed by atoms with E-state index < -0.39 is 36.9 Å². The van der Waals surface area contributed by atoms with Gasteiger partial charge in [-0.3, -0.25) is 4.79 Å². The summed E-state index contributed by atoms with van der Waals surface area (Å²) in [4.78, 5) is 12.5. The van der Waals surface area contributed by atoms with Crippen LogP contribution in [0.4, 0.5) is 0 Å². The first-order valence-electron chi connectivity index (χ1n) is 21.0. The molecule has 0 aliphatic carbocycles. The third-order valence-electron chi connectivity index (χ3n) is 9.47. The van der Waals surface area contributed by atoms with Gasteiger partial charge in [-0.05, 0) is 89.9 Å². The molecule has 0 saturated carbocycles. The zero-order chi connectivity index (χ0) is 36.8. The summed E-state index contributed by atoms with van der Waals surface area (Å²) < 4.78 is 0. The molecule has 6 heteroatoms. The van der Waals surface area contributed by atoms with Crippen molar-refractivity contribution in [3.05, 3.63) is 48.6 Å². The molecule has 0 heterocycles. The van der Waals surface area contributed by atoms with Gasteiger partial charge in [0, 0.05) is 0 Å². The molecule has 0 aromatic heterocycles. The zero-order valence-electron chi connectivity index (χ0n) is 32.6. The minimum Gasteiger partial charge on any atom is -0.394 e. The van der Waals surface area contributed by atoms with Crippen LogP contribution in [0.2, 0.25) is 0 Å². The maximum atomic E-state index is 12.5. The maximum absolute atomic E-state index is 12.5. The number of amides is 1. The van der Waals surface area contributed by atoms with Gasteiger partial charge in [0.2, 0.25) is 5.91 Å². The van der Waals surface area contributed by atoms with Gasteiger partial charge in [0.1, 0.15) is 12.2 Å². The number of carbonyl (C=O) groups is 1. The molecule has 0 spiro atoms. The Bertz CT molecular complexity index is 838. The lowest BCUT2D eigenvalue weighted by atomic mass is 10.00. The van der Waals surface area contributed by atoms with E-state index >= 15 is 0 Å². The topological polar surface area (TPSA) is 110 Å². The van der Waals surface area contributed by atoms with Crippen LogP contribution in [-0.2, 0) is 4.79 Å². The van der Waals surface area contributed by atoms with Gasteiger partial charge < -0.3 is 25.7 Å². The number of unbranched alkanes of at least 4 members (excludes halogenated alkanes) is 20. The van der Waals surface area contributed by atoms with Crippen molar-refractivity contribution in [2.24, 2.45) is 0 Å². The molecule has 0 aromatic carbocycles. The molecule has 0 bridgehead atoms. The fourth-order valence-corrected chi connectivity index (χ4v) is 6.08. The van der Waals surface area contributed by atoms with E-state index in [0.29, 0.717) is 19.3 Å². The lowest BCUT2D eigenvalue weighted by Gasteiger charge is -2.27. The highest BCUT2D eigenvalue weighted by Gasteiger charge is 2.28. The van der Waals surface area contributed by atoms with Crippen molar-refractivity contribution in [1.29, 1.82) is 0 Å². The Hall–Kier alpha value is -1.73. The van der Waals surface area contributed by atoms with Crippen LogP contribution in [0.25, 0.3) is 0 Å². The SMILES string of the molecule is CCCCCCCC/C=C/CC/C=C/CC/C=C/CCCC(O)C(O)C(CO)NC(=O)C(O)CCCCCC/C=C\CCCCCCCCC. The molecular weight excluding hydrogens is 622 g/mol. The summed E-state index contributed by atoms with van der Waals surface area (Å²) in [7, 11) is 0. The van der Waals surface area contributed by atoms with Gasteiger partial charge in [-0.15, -0.1) is 0 Å². The number of carbonyl (C=O) groups excluding carboxylic acids is 1. The summed E-state index contributed by atoms with van der Waals surface area (Å²) in [5.74, 6) is -0.611. The first kappa shape index (κ1) is 48.3. The second kappa shape index (κ2) is 38.5. The molecule has 6 nitrogen and oxygen atoms in total. The lowest BCUT2D eigenvalue weighted by Crippen LogP contribution is -2.53. The van der Waals surface area contributed by atoms with E-state index in [4.69, 9.17) is 0 Å². The minimum atomic E-state index is -1.30. The molecule has 0 saturated heterocycles. The molecule has 5 N–H and O–H groups in total. The summed E-state index contributed by atoms with van der Waals surface area (Å²) in [6.07, 6.45) is 45.6. The second-order valence-corrected chi connectivity index (χ2v) is 14.3. The molecule has 0 aliphatic heterocycles. The first-order chi connectivity index (χ1) is 24.5. The van der Waals surface area contributed by atoms with E-state index in [1.165, 1.54) is 96.3 Å². The van der Waals surface area contributed by atoms with E-state index in [0.717, 1.165) is 64.2 Å². The highest BCUT2D eigenvalue weighted by molar-refractivity contribution is 5.80. The number of hydrogen-bond acceptors (Lipinski definition) is 5. The monoisotopic (exact) mass is 704 g/mol. The summed E-state index contributed by atoms with van der Waals surface area (Å²) in [6.45, 7) is 4.00. The van der Waals surface area contributed by atoms with Gasteiger partial charge in [0.25, 0.3) is 0 Å². The van der Waals surface area contributed by atoms with Gasteiger partial charge in [0.15, 0.2) is 0 Å². The fraction of sp³-hybridized carbons (Fsp3) is 0.795. The van der Waals surface area contributed by atoms with E-state index in [2.05, 4.69) is 67.8 Å². The van der Waals surface area contributed by atoms with E-state index in [1.807, 2.05) is 0 Å². The van der Waals surface area contributed by atoms with Gasteiger partial charge in [-0.1, -0.05) is 152 Å². The number of aliphatic hydroxyl groups is 4. The Morgan fingerprint density at radius 1 is 0.480 bits per heavy atom. The highest BCUT2D eigenvalue weighted by Crippen LogP contribution is 2.13.